The zero-order valence-corrected chi connectivity index (χ0v) is 11.6. The number of halogens is 2. The van der Waals surface area contributed by atoms with Crippen molar-refractivity contribution in [2.45, 2.75) is 0 Å². The third-order valence-corrected chi connectivity index (χ3v) is 4.34. The van der Waals surface area contributed by atoms with Crippen LogP contribution in [0.15, 0.2) is 33.8 Å². The van der Waals surface area contributed by atoms with Gasteiger partial charge in [-0.1, -0.05) is 0 Å². The van der Waals surface area contributed by atoms with Crippen molar-refractivity contribution < 1.29 is 0 Å². The van der Waals surface area contributed by atoms with E-state index < -0.39 is 0 Å². The maximum atomic E-state index is 11.6. The second-order valence-electron chi connectivity index (χ2n) is 3.01. The van der Waals surface area contributed by atoms with Crippen molar-refractivity contribution in [1.29, 1.82) is 0 Å². The molecule has 1 aromatic heterocycles. The highest BCUT2D eigenvalue weighted by Crippen LogP contribution is 2.21. The molecule has 0 fully saturated rings. The Kier molecular flexibility index (Phi) is 2.96. The largest absolute Gasteiger partial charge is 0.350 e. The van der Waals surface area contributed by atoms with Crippen LogP contribution >= 0.6 is 38.5 Å². The van der Waals surface area contributed by atoms with Crippen molar-refractivity contribution in [2.75, 3.05) is 0 Å². The molecule has 1 aromatic carbocycles. The summed E-state index contributed by atoms with van der Waals surface area (Å²) in [5, 5.41) is 3.89. The SMILES string of the molecule is Cn1ncn(-c2ccc(I)c(Br)c2)c1=O. The number of benzene rings is 1. The molecule has 1 heterocycles. The summed E-state index contributed by atoms with van der Waals surface area (Å²) in [6.45, 7) is 0. The zero-order chi connectivity index (χ0) is 11.0. The van der Waals surface area contributed by atoms with Gasteiger partial charge in [0.15, 0.2) is 0 Å². The molecule has 78 valence electrons. The Morgan fingerprint density at radius 3 is 2.73 bits per heavy atom. The predicted molar refractivity (Wildman–Crippen MR) is 69.2 cm³/mol. The molecule has 0 bridgehead atoms. The van der Waals surface area contributed by atoms with Crippen LogP contribution in [-0.4, -0.2) is 14.3 Å². The van der Waals surface area contributed by atoms with Gasteiger partial charge in [-0.25, -0.2) is 14.0 Å². The fourth-order valence-corrected chi connectivity index (χ4v) is 1.90. The first-order valence-electron chi connectivity index (χ1n) is 4.15. The third-order valence-electron chi connectivity index (χ3n) is 2.00. The van der Waals surface area contributed by atoms with Gasteiger partial charge >= 0.3 is 5.69 Å². The number of rotatable bonds is 1. The van der Waals surface area contributed by atoms with Crippen LogP contribution in [0.1, 0.15) is 0 Å². The Morgan fingerprint density at radius 2 is 2.20 bits per heavy atom. The smallest absolute Gasteiger partial charge is 0.250 e. The van der Waals surface area contributed by atoms with Gasteiger partial charge < -0.3 is 0 Å². The second kappa shape index (κ2) is 4.09. The first-order valence-corrected chi connectivity index (χ1v) is 6.03. The van der Waals surface area contributed by atoms with E-state index in [9.17, 15) is 4.79 Å². The third kappa shape index (κ3) is 2.00. The van der Waals surface area contributed by atoms with Gasteiger partial charge in [0.05, 0.1) is 5.69 Å². The molecule has 2 rings (SSSR count). The Labute approximate surface area is 108 Å². The minimum absolute atomic E-state index is 0.150. The molecular formula is C9H7BrIN3O. The molecule has 2 aromatic rings. The van der Waals surface area contributed by atoms with Gasteiger partial charge in [-0.2, -0.15) is 5.10 Å². The monoisotopic (exact) mass is 379 g/mol. The number of hydrogen-bond donors (Lipinski definition) is 0. The molecule has 0 aliphatic heterocycles. The van der Waals surface area contributed by atoms with Gasteiger partial charge in [0, 0.05) is 15.1 Å². The molecule has 0 amide bonds. The number of aryl methyl sites for hydroxylation is 1. The highest BCUT2D eigenvalue weighted by atomic mass is 127. The molecule has 0 saturated heterocycles. The summed E-state index contributed by atoms with van der Waals surface area (Å²) in [6, 6.07) is 5.72. The summed E-state index contributed by atoms with van der Waals surface area (Å²) >= 11 is 5.64. The predicted octanol–water partition coefficient (Wildman–Crippen LogP) is 1.94. The van der Waals surface area contributed by atoms with E-state index in [1.807, 2.05) is 18.2 Å². The Morgan fingerprint density at radius 1 is 1.47 bits per heavy atom. The van der Waals surface area contributed by atoms with Crippen molar-refractivity contribution in [3.8, 4) is 5.69 Å². The molecule has 0 radical (unpaired) electrons. The van der Waals surface area contributed by atoms with E-state index in [1.54, 1.807) is 7.05 Å². The van der Waals surface area contributed by atoms with E-state index >= 15 is 0 Å². The maximum Gasteiger partial charge on any atom is 0.350 e. The summed E-state index contributed by atoms with van der Waals surface area (Å²) in [6.07, 6.45) is 1.51. The lowest BCUT2D eigenvalue weighted by Crippen LogP contribution is -2.21. The highest BCUT2D eigenvalue weighted by molar-refractivity contribution is 14.1. The van der Waals surface area contributed by atoms with Crippen LogP contribution < -0.4 is 5.69 Å². The summed E-state index contributed by atoms with van der Waals surface area (Å²) in [5.41, 5.74) is 0.656. The normalized spacial score (nSPS) is 10.6. The van der Waals surface area contributed by atoms with Crippen LogP contribution in [0.25, 0.3) is 5.69 Å². The average molecular weight is 380 g/mol. The number of aromatic nitrogens is 3. The summed E-state index contributed by atoms with van der Waals surface area (Å²) in [4.78, 5) is 11.6. The molecule has 0 atom stereocenters. The lowest BCUT2D eigenvalue weighted by Gasteiger charge is -2.02. The summed E-state index contributed by atoms with van der Waals surface area (Å²) in [5.74, 6) is 0. The van der Waals surface area contributed by atoms with Crippen molar-refractivity contribution in [1.82, 2.24) is 14.3 Å². The molecule has 6 heteroatoms. The van der Waals surface area contributed by atoms with Crippen LogP contribution in [0.3, 0.4) is 0 Å². The van der Waals surface area contributed by atoms with Gasteiger partial charge in [0.1, 0.15) is 6.33 Å². The first kappa shape index (κ1) is 10.9. The zero-order valence-electron chi connectivity index (χ0n) is 7.82. The Balaban J connectivity index is 2.60. The first-order chi connectivity index (χ1) is 7.09. The van der Waals surface area contributed by atoms with Gasteiger partial charge in [0.2, 0.25) is 0 Å². The minimum Gasteiger partial charge on any atom is -0.250 e. The molecule has 15 heavy (non-hydrogen) atoms. The lowest BCUT2D eigenvalue weighted by atomic mass is 10.3. The van der Waals surface area contributed by atoms with Gasteiger partial charge in [-0.05, 0) is 56.7 Å². The molecule has 0 saturated carbocycles. The van der Waals surface area contributed by atoms with E-state index in [1.165, 1.54) is 15.6 Å². The molecule has 4 nitrogen and oxygen atoms in total. The minimum atomic E-state index is -0.150. The Hall–Kier alpha value is -0.630. The molecule has 0 N–H and O–H groups in total. The number of hydrogen-bond acceptors (Lipinski definition) is 2. The average Bonchev–Trinajstić information content (AvgIpc) is 2.53. The molecule has 0 unspecified atom stereocenters. The quantitative estimate of drug-likeness (QED) is 0.710. The van der Waals surface area contributed by atoms with E-state index in [2.05, 4.69) is 43.6 Å². The van der Waals surface area contributed by atoms with E-state index in [0.717, 1.165) is 13.7 Å². The van der Waals surface area contributed by atoms with Gasteiger partial charge in [-0.15, -0.1) is 0 Å². The van der Waals surface area contributed by atoms with Gasteiger partial charge in [0.25, 0.3) is 0 Å². The van der Waals surface area contributed by atoms with Crippen molar-refractivity contribution in [3.63, 3.8) is 0 Å². The molecule has 0 aliphatic rings. The molecular weight excluding hydrogens is 373 g/mol. The fourth-order valence-electron chi connectivity index (χ4n) is 1.20. The van der Waals surface area contributed by atoms with E-state index in [-0.39, 0.29) is 5.69 Å². The Bertz CT molecular complexity index is 561. The number of nitrogens with zero attached hydrogens (tertiary/aromatic N) is 3. The van der Waals surface area contributed by atoms with Crippen LogP contribution in [0, 0.1) is 3.57 Å². The van der Waals surface area contributed by atoms with Crippen molar-refractivity contribution in [3.05, 3.63) is 43.1 Å². The molecule has 0 aliphatic carbocycles. The van der Waals surface area contributed by atoms with E-state index in [0.29, 0.717) is 0 Å². The van der Waals surface area contributed by atoms with Gasteiger partial charge in [-0.3, -0.25) is 0 Å². The highest BCUT2D eigenvalue weighted by Gasteiger charge is 2.05. The maximum absolute atomic E-state index is 11.6. The lowest BCUT2D eigenvalue weighted by molar-refractivity contribution is 0.726. The summed E-state index contributed by atoms with van der Waals surface area (Å²) < 4.78 is 4.87. The van der Waals surface area contributed by atoms with Crippen molar-refractivity contribution >= 4 is 38.5 Å². The van der Waals surface area contributed by atoms with Crippen LogP contribution in [0.5, 0.6) is 0 Å². The topological polar surface area (TPSA) is 39.8 Å². The standard InChI is InChI=1S/C9H7BrIN3O/c1-13-9(15)14(5-12-13)6-2-3-8(11)7(10)4-6/h2-5H,1H3. The van der Waals surface area contributed by atoms with Crippen LogP contribution in [-0.2, 0) is 7.05 Å². The van der Waals surface area contributed by atoms with E-state index in [4.69, 9.17) is 0 Å². The fraction of sp³-hybridized carbons (Fsp3) is 0.111. The molecule has 0 spiro atoms. The van der Waals surface area contributed by atoms with Crippen molar-refractivity contribution in [2.24, 2.45) is 7.05 Å². The van der Waals surface area contributed by atoms with Crippen LogP contribution in [0.4, 0.5) is 0 Å². The van der Waals surface area contributed by atoms with Crippen LogP contribution in [0.2, 0.25) is 0 Å². The summed E-state index contributed by atoms with van der Waals surface area (Å²) in [7, 11) is 1.63. The second-order valence-corrected chi connectivity index (χ2v) is 5.02.